The van der Waals surface area contributed by atoms with Crippen LogP contribution in [-0.2, 0) is 25.2 Å². The van der Waals surface area contributed by atoms with Crippen LogP contribution >= 0.6 is 12.6 Å². The van der Waals surface area contributed by atoms with Gasteiger partial charge in [-0.25, -0.2) is 4.79 Å². The van der Waals surface area contributed by atoms with Gasteiger partial charge in [0.2, 0.25) is 0 Å². The van der Waals surface area contributed by atoms with E-state index < -0.39 is 65.1 Å². The first-order valence-electron chi connectivity index (χ1n) is 8.07. The summed E-state index contributed by atoms with van der Waals surface area (Å²) in [5.74, 6) is -8.33. The summed E-state index contributed by atoms with van der Waals surface area (Å²) in [7, 11) is 0. The quantitative estimate of drug-likeness (QED) is 0.181. The van der Waals surface area contributed by atoms with Crippen molar-refractivity contribution in [3.8, 4) is 0 Å². The Morgan fingerprint density at radius 3 is 1.94 bits per heavy atom. The number of amides is 1. The second-order valence-electron chi connectivity index (χ2n) is 6.08. The van der Waals surface area contributed by atoms with E-state index in [1.54, 1.807) is 5.32 Å². The minimum atomic E-state index is -5.78. The lowest BCUT2D eigenvalue weighted by Gasteiger charge is -2.33. The van der Waals surface area contributed by atoms with Gasteiger partial charge >= 0.3 is 30.0 Å². The van der Waals surface area contributed by atoms with Crippen molar-refractivity contribution in [1.29, 1.82) is 0 Å². The van der Waals surface area contributed by atoms with Gasteiger partial charge < -0.3 is 14.8 Å². The number of hydrogen-bond donors (Lipinski definition) is 2. The monoisotopic (exact) mass is 481 g/mol. The summed E-state index contributed by atoms with van der Waals surface area (Å²) in [4.78, 5) is 24.1. The molecule has 0 fully saturated rings. The van der Waals surface area contributed by atoms with Gasteiger partial charge in [0.05, 0.1) is 12.2 Å². The third-order valence-corrected chi connectivity index (χ3v) is 3.66. The topological polar surface area (TPSA) is 64.6 Å². The molecule has 0 radical (unpaired) electrons. The lowest BCUT2D eigenvalue weighted by atomic mass is 10.1. The minimum absolute atomic E-state index is 0.465. The van der Waals surface area contributed by atoms with Gasteiger partial charge in [-0.15, -0.1) is 12.6 Å². The van der Waals surface area contributed by atoms with Crippen LogP contribution in [0.4, 0.5) is 40.8 Å². The smallest absolute Gasteiger partial charge is 0.412 e. The molecular weight excluding hydrogens is 466 g/mol. The number of carbonyl (C=O) groups is 2. The zero-order valence-electron chi connectivity index (χ0n) is 15.5. The number of hydrogen-bond acceptors (Lipinski definition) is 5. The van der Waals surface area contributed by atoms with Crippen molar-refractivity contribution >= 4 is 30.2 Å². The molecule has 0 bridgehead atoms. The lowest BCUT2D eigenvalue weighted by Crippen LogP contribution is -2.60. The van der Waals surface area contributed by atoms with Crippen molar-refractivity contribution in [2.75, 3.05) is 11.9 Å². The Bertz CT molecular complexity index is 817. The number of rotatable bonds is 8. The Labute approximate surface area is 175 Å². The molecule has 1 aromatic rings. The number of anilines is 1. The van der Waals surface area contributed by atoms with E-state index in [2.05, 4.69) is 28.7 Å². The fourth-order valence-electron chi connectivity index (χ4n) is 1.90. The van der Waals surface area contributed by atoms with E-state index >= 15 is 0 Å². The average molecular weight is 481 g/mol. The number of nitrogens with one attached hydrogen (secondary N) is 1. The van der Waals surface area contributed by atoms with Crippen LogP contribution in [0, 0.1) is 0 Å². The summed E-state index contributed by atoms with van der Waals surface area (Å²) in [6, 6.07) is 2.19. The van der Waals surface area contributed by atoms with Crippen LogP contribution in [0.25, 0.3) is 0 Å². The third-order valence-electron chi connectivity index (χ3n) is 3.44. The van der Waals surface area contributed by atoms with Crippen LogP contribution in [0.1, 0.15) is 18.9 Å². The number of alkyl halides is 8. The zero-order valence-corrected chi connectivity index (χ0v) is 16.4. The molecule has 1 rings (SSSR count). The Morgan fingerprint density at radius 1 is 1.03 bits per heavy atom. The first-order valence-corrected chi connectivity index (χ1v) is 8.52. The summed E-state index contributed by atoms with van der Waals surface area (Å²) in [6.45, 7) is 2.56. The van der Waals surface area contributed by atoms with Crippen molar-refractivity contribution in [3.63, 3.8) is 0 Å². The molecule has 1 N–H and O–H groups in total. The molecule has 0 aliphatic heterocycles. The molecule has 174 valence electrons. The Hall–Kier alpha value is -2.35. The van der Waals surface area contributed by atoms with E-state index in [1.165, 1.54) is 0 Å². The maximum Gasteiger partial charge on any atom is 0.466 e. The standard InChI is InChI=1S/C17H15F8NO4S/c1-9(2)12(27)30-15(17(23,24)25,29-8-7-14(18,19)31)13(28)26-11-5-3-10(4-6-11)16(20,21)22/h3-6,31H,1,7-8H2,2H3,(H,26,28). The van der Waals surface area contributed by atoms with E-state index in [1.807, 2.05) is 0 Å². The van der Waals surface area contributed by atoms with Crippen LogP contribution in [0.3, 0.4) is 0 Å². The summed E-state index contributed by atoms with van der Waals surface area (Å²) in [6.07, 6.45) is -11.9. The van der Waals surface area contributed by atoms with Crippen LogP contribution in [0.15, 0.2) is 36.4 Å². The fraction of sp³-hybridized carbons (Fsp3) is 0.412. The van der Waals surface area contributed by atoms with Crippen LogP contribution < -0.4 is 5.32 Å². The highest BCUT2D eigenvalue weighted by Gasteiger charge is 2.66. The van der Waals surface area contributed by atoms with Gasteiger partial charge in [-0.05, 0) is 31.2 Å². The van der Waals surface area contributed by atoms with E-state index in [4.69, 9.17) is 0 Å². The molecule has 0 saturated heterocycles. The molecule has 0 aliphatic rings. The number of carbonyl (C=O) groups excluding carboxylic acids is 2. The molecule has 1 atom stereocenters. The first kappa shape index (κ1) is 26.7. The molecule has 1 aromatic carbocycles. The molecule has 1 unspecified atom stereocenters. The van der Waals surface area contributed by atoms with Gasteiger partial charge in [0.25, 0.3) is 5.25 Å². The van der Waals surface area contributed by atoms with Crippen molar-refractivity contribution in [2.24, 2.45) is 0 Å². The van der Waals surface area contributed by atoms with E-state index in [0.29, 0.717) is 24.3 Å². The van der Waals surface area contributed by atoms with Gasteiger partial charge in [0, 0.05) is 17.7 Å². The van der Waals surface area contributed by atoms with Gasteiger partial charge in [-0.2, -0.15) is 35.1 Å². The maximum absolute atomic E-state index is 13.7. The highest BCUT2D eigenvalue weighted by molar-refractivity contribution is 7.81. The Kier molecular flexibility index (Phi) is 8.11. The average Bonchev–Trinajstić information content (AvgIpc) is 2.58. The second kappa shape index (κ2) is 9.42. The number of halogens is 8. The van der Waals surface area contributed by atoms with Crippen LogP contribution in [-0.4, -0.2) is 35.7 Å². The molecule has 0 aromatic heterocycles. The van der Waals surface area contributed by atoms with Gasteiger partial charge in [0.1, 0.15) is 0 Å². The summed E-state index contributed by atoms with van der Waals surface area (Å²) < 4.78 is 113. The Morgan fingerprint density at radius 2 is 1.55 bits per heavy atom. The molecule has 31 heavy (non-hydrogen) atoms. The fourth-order valence-corrected chi connectivity index (χ4v) is 1.99. The van der Waals surface area contributed by atoms with Crippen LogP contribution in [0.2, 0.25) is 0 Å². The van der Waals surface area contributed by atoms with Gasteiger partial charge in [-0.1, -0.05) is 6.58 Å². The second-order valence-corrected chi connectivity index (χ2v) is 6.73. The van der Waals surface area contributed by atoms with Gasteiger partial charge in [0.15, 0.2) is 0 Å². The number of benzene rings is 1. The predicted molar refractivity (Wildman–Crippen MR) is 94.3 cm³/mol. The van der Waals surface area contributed by atoms with Crippen molar-refractivity contribution in [3.05, 3.63) is 42.0 Å². The predicted octanol–water partition coefficient (Wildman–Crippen LogP) is 4.95. The summed E-state index contributed by atoms with van der Waals surface area (Å²) >= 11 is 2.82. The highest BCUT2D eigenvalue weighted by Crippen LogP contribution is 2.38. The summed E-state index contributed by atoms with van der Waals surface area (Å²) in [5, 5.41) is -2.18. The molecule has 0 spiro atoms. The molecular formula is C17H15F8NO4S. The van der Waals surface area contributed by atoms with Crippen molar-refractivity contribution < 1.29 is 54.2 Å². The third kappa shape index (κ3) is 7.38. The van der Waals surface area contributed by atoms with Crippen LogP contribution in [0.5, 0.6) is 0 Å². The highest BCUT2D eigenvalue weighted by atomic mass is 32.1. The summed E-state index contributed by atoms with van der Waals surface area (Å²) in [5.41, 5.74) is -2.30. The molecule has 14 heteroatoms. The van der Waals surface area contributed by atoms with Gasteiger partial charge in [-0.3, -0.25) is 4.79 Å². The van der Waals surface area contributed by atoms with E-state index in [9.17, 15) is 44.7 Å². The molecule has 5 nitrogen and oxygen atoms in total. The molecule has 0 aliphatic carbocycles. The van der Waals surface area contributed by atoms with E-state index in [-0.39, 0.29) is 0 Å². The zero-order chi connectivity index (χ0) is 24.3. The molecule has 0 saturated carbocycles. The van der Waals surface area contributed by atoms with Crippen molar-refractivity contribution in [1.82, 2.24) is 0 Å². The first-order chi connectivity index (χ1) is 13.9. The number of thiol groups is 1. The number of ether oxygens (including phenoxy) is 2. The molecule has 0 heterocycles. The lowest BCUT2D eigenvalue weighted by molar-refractivity contribution is -0.346. The molecule has 1 amide bonds. The SMILES string of the molecule is C=C(C)C(=O)OC(OCCC(F)(F)S)(C(=O)Nc1ccc(C(F)(F)F)cc1)C(F)(F)F. The maximum atomic E-state index is 13.7. The van der Waals surface area contributed by atoms with Crippen molar-refractivity contribution in [2.45, 2.75) is 36.7 Å². The minimum Gasteiger partial charge on any atom is -0.412 e. The normalized spacial score (nSPS) is 14.5. The number of esters is 1. The Balaban J connectivity index is 3.29. The van der Waals surface area contributed by atoms with E-state index in [0.717, 1.165) is 6.92 Å². The largest absolute Gasteiger partial charge is 0.466 e.